The lowest BCUT2D eigenvalue weighted by molar-refractivity contribution is -0.118. The number of amides is 2. The fourth-order valence-corrected chi connectivity index (χ4v) is 4.70. The van der Waals surface area contributed by atoms with Crippen molar-refractivity contribution in [1.82, 2.24) is 0 Å². The highest BCUT2D eigenvalue weighted by Crippen LogP contribution is 2.39. The Morgan fingerprint density at radius 3 is 2.85 bits per heavy atom. The van der Waals surface area contributed by atoms with E-state index in [1.165, 1.54) is 32.9 Å². The highest BCUT2D eigenvalue weighted by molar-refractivity contribution is 7.17. The van der Waals surface area contributed by atoms with Gasteiger partial charge in [-0.15, -0.1) is 11.3 Å². The number of hydrogen-bond donors (Lipinski definition) is 2. The molecule has 1 aliphatic heterocycles. The molecule has 27 heavy (non-hydrogen) atoms. The molecule has 134 valence electrons. The van der Waals surface area contributed by atoms with Crippen molar-refractivity contribution in [3.05, 3.63) is 64.5 Å². The van der Waals surface area contributed by atoms with Crippen LogP contribution in [-0.4, -0.2) is 18.4 Å². The average Bonchev–Trinajstić information content (AvgIpc) is 3.13. The van der Waals surface area contributed by atoms with Crippen molar-refractivity contribution in [3.8, 4) is 16.2 Å². The first-order valence-corrected chi connectivity index (χ1v) is 9.58. The van der Waals surface area contributed by atoms with E-state index in [2.05, 4.69) is 28.8 Å². The van der Waals surface area contributed by atoms with Crippen LogP contribution in [0.5, 0.6) is 5.75 Å². The summed E-state index contributed by atoms with van der Waals surface area (Å²) in [6, 6.07) is 15.6. The Morgan fingerprint density at radius 2 is 1.93 bits per heavy atom. The quantitative estimate of drug-likeness (QED) is 0.708. The van der Waals surface area contributed by atoms with Gasteiger partial charge in [0.05, 0.1) is 10.6 Å². The van der Waals surface area contributed by atoms with Gasteiger partial charge in [-0.05, 0) is 53.8 Å². The highest BCUT2D eigenvalue weighted by atomic mass is 32.1. The molecule has 1 aliphatic carbocycles. The van der Waals surface area contributed by atoms with Crippen LogP contribution in [0.25, 0.3) is 10.4 Å². The maximum Gasteiger partial charge on any atom is 0.265 e. The molecule has 0 atom stereocenters. The molecule has 6 heteroatoms. The Morgan fingerprint density at radius 1 is 1.07 bits per heavy atom. The predicted octanol–water partition coefficient (Wildman–Crippen LogP) is 4.10. The molecule has 0 spiro atoms. The third kappa shape index (κ3) is 2.88. The van der Waals surface area contributed by atoms with Crippen LogP contribution in [0, 0.1) is 0 Å². The third-order valence-electron chi connectivity index (χ3n) is 4.83. The van der Waals surface area contributed by atoms with Crippen molar-refractivity contribution in [3.63, 3.8) is 0 Å². The minimum Gasteiger partial charge on any atom is -0.482 e. The predicted molar refractivity (Wildman–Crippen MR) is 106 cm³/mol. The Labute approximate surface area is 160 Å². The highest BCUT2D eigenvalue weighted by Gasteiger charge is 2.22. The molecule has 2 heterocycles. The van der Waals surface area contributed by atoms with Crippen molar-refractivity contribution in [1.29, 1.82) is 0 Å². The van der Waals surface area contributed by atoms with E-state index < -0.39 is 0 Å². The van der Waals surface area contributed by atoms with Crippen molar-refractivity contribution in [2.45, 2.75) is 12.8 Å². The fraction of sp³-hybridized carbons (Fsp3) is 0.143. The number of nitrogens with one attached hydrogen (secondary N) is 2. The van der Waals surface area contributed by atoms with Crippen LogP contribution in [0.3, 0.4) is 0 Å². The normalized spacial score (nSPS) is 14.3. The number of benzene rings is 2. The summed E-state index contributed by atoms with van der Waals surface area (Å²) >= 11 is 1.53. The van der Waals surface area contributed by atoms with Crippen molar-refractivity contribution < 1.29 is 14.3 Å². The van der Waals surface area contributed by atoms with E-state index in [4.69, 9.17) is 4.74 Å². The third-order valence-corrected chi connectivity index (χ3v) is 6.04. The minimum absolute atomic E-state index is 0.0148. The van der Waals surface area contributed by atoms with Crippen LogP contribution in [0.4, 0.5) is 11.4 Å². The molecular formula is C21H16N2O3S. The number of carbonyl (C=O) groups excluding carboxylic acids is 2. The monoisotopic (exact) mass is 376 g/mol. The summed E-state index contributed by atoms with van der Waals surface area (Å²) in [6.07, 6.45) is 1.96. The second kappa shape index (κ2) is 6.25. The Hall–Kier alpha value is -3.12. The molecule has 2 amide bonds. The molecular weight excluding hydrogens is 360 g/mol. The Kier molecular flexibility index (Phi) is 3.72. The molecule has 2 aromatic carbocycles. The van der Waals surface area contributed by atoms with Gasteiger partial charge in [-0.25, -0.2) is 0 Å². The van der Waals surface area contributed by atoms with Gasteiger partial charge in [0.15, 0.2) is 6.61 Å². The lowest BCUT2D eigenvalue weighted by atomic mass is 9.91. The molecule has 5 rings (SSSR count). The van der Waals surface area contributed by atoms with Crippen molar-refractivity contribution >= 4 is 34.5 Å². The van der Waals surface area contributed by atoms with Crippen LogP contribution >= 0.6 is 11.3 Å². The zero-order valence-corrected chi connectivity index (χ0v) is 15.2. The van der Waals surface area contributed by atoms with Crippen LogP contribution < -0.4 is 15.4 Å². The maximum absolute atomic E-state index is 12.8. The molecule has 5 nitrogen and oxygen atoms in total. The number of fused-ring (bicyclic) bond motifs is 4. The van der Waals surface area contributed by atoms with Gasteiger partial charge in [0.2, 0.25) is 0 Å². The van der Waals surface area contributed by atoms with Gasteiger partial charge in [0.1, 0.15) is 5.75 Å². The topological polar surface area (TPSA) is 67.4 Å². The van der Waals surface area contributed by atoms with Crippen molar-refractivity contribution in [2.24, 2.45) is 0 Å². The smallest absolute Gasteiger partial charge is 0.265 e. The summed E-state index contributed by atoms with van der Waals surface area (Å²) in [5.41, 5.74) is 5.00. The van der Waals surface area contributed by atoms with Crippen LogP contribution in [-0.2, 0) is 17.6 Å². The number of ether oxygens (including phenoxy) is 1. The minimum atomic E-state index is -0.199. The van der Waals surface area contributed by atoms with Gasteiger partial charge in [0, 0.05) is 10.6 Å². The zero-order valence-electron chi connectivity index (χ0n) is 14.4. The number of hydrogen-bond acceptors (Lipinski definition) is 4. The van der Waals surface area contributed by atoms with E-state index >= 15 is 0 Å². The van der Waals surface area contributed by atoms with Crippen molar-refractivity contribution in [2.75, 3.05) is 17.2 Å². The van der Waals surface area contributed by atoms with E-state index in [0.29, 0.717) is 22.0 Å². The Balaban J connectivity index is 1.41. The van der Waals surface area contributed by atoms with Crippen LogP contribution in [0.15, 0.2) is 48.5 Å². The molecule has 1 aromatic heterocycles. The van der Waals surface area contributed by atoms with Gasteiger partial charge in [-0.1, -0.05) is 24.3 Å². The summed E-state index contributed by atoms with van der Waals surface area (Å²) in [5, 5.41) is 5.67. The molecule has 0 fully saturated rings. The molecule has 0 radical (unpaired) electrons. The van der Waals surface area contributed by atoms with E-state index in [1.807, 2.05) is 12.1 Å². The number of carbonyl (C=O) groups is 2. The molecule has 2 aliphatic rings. The largest absolute Gasteiger partial charge is 0.482 e. The van der Waals surface area contributed by atoms with E-state index in [1.54, 1.807) is 18.2 Å². The number of anilines is 2. The first-order chi connectivity index (χ1) is 13.2. The lowest BCUT2D eigenvalue weighted by Gasteiger charge is -2.18. The lowest BCUT2D eigenvalue weighted by Crippen LogP contribution is -2.25. The number of aryl methyl sites for hydroxylation is 2. The SMILES string of the molecule is O=C1COc2ccc(NC(=O)c3cc4c(s3)-c3ccccc3CC4)cc2N1. The summed E-state index contributed by atoms with van der Waals surface area (Å²) in [7, 11) is 0. The molecule has 0 saturated carbocycles. The standard InChI is InChI=1S/C21H16N2O3S/c24-19-11-26-17-8-7-14(10-16(17)23-19)22-21(25)18-9-13-6-5-12-3-1-2-4-15(12)20(13)27-18/h1-4,7-10H,5-6,11H2,(H,22,25)(H,23,24). The zero-order chi connectivity index (χ0) is 18.4. The van der Waals surface area contributed by atoms with Gasteiger partial charge >= 0.3 is 0 Å². The second-order valence-electron chi connectivity index (χ2n) is 6.62. The van der Waals surface area contributed by atoms with E-state index in [0.717, 1.165) is 12.8 Å². The Bertz CT molecular complexity index is 1090. The average molecular weight is 376 g/mol. The van der Waals surface area contributed by atoms with Gasteiger partial charge < -0.3 is 15.4 Å². The summed E-state index contributed by atoms with van der Waals surface area (Å²) in [6.45, 7) is 0.0148. The first kappa shape index (κ1) is 16.1. The van der Waals surface area contributed by atoms with E-state index in [9.17, 15) is 9.59 Å². The molecule has 2 N–H and O–H groups in total. The fourth-order valence-electron chi connectivity index (χ4n) is 3.54. The second-order valence-corrected chi connectivity index (χ2v) is 7.68. The molecule has 0 saturated heterocycles. The summed E-state index contributed by atoms with van der Waals surface area (Å²) in [4.78, 5) is 26.1. The van der Waals surface area contributed by atoms with Gasteiger partial charge in [-0.3, -0.25) is 9.59 Å². The molecule has 0 unspecified atom stereocenters. The van der Waals surface area contributed by atoms with Gasteiger partial charge in [-0.2, -0.15) is 0 Å². The number of thiophene rings is 1. The van der Waals surface area contributed by atoms with Gasteiger partial charge in [0.25, 0.3) is 11.8 Å². The van der Waals surface area contributed by atoms with Crippen LogP contribution in [0.2, 0.25) is 0 Å². The summed E-state index contributed by atoms with van der Waals surface area (Å²) < 4.78 is 5.35. The molecule has 3 aromatic rings. The molecule has 0 bridgehead atoms. The first-order valence-electron chi connectivity index (χ1n) is 8.76. The van der Waals surface area contributed by atoms with Crippen LogP contribution in [0.1, 0.15) is 20.8 Å². The van der Waals surface area contributed by atoms with E-state index in [-0.39, 0.29) is 18.4 Å². The maximum atomic E-state index is 12.8. The summed E-state index contributed by atoms with van der Waals surface area (Å²) in [5.74, 6) is 0.265. The number of rotatable bonds is 2.